The number of nitriles is 1. The van der Waals surface area contributed by atoms with Crippen molar-refractivity contribution in [1.82, 2.24) is 4.90 Å². The molecule has 1 rings (SSSR count). The third-order valence-electron chi connectivity index (χ3n) is 2.79. The van der Waals surface area contributed by atoms with Crippen molar-refractivity contribution in [2.45, 2.75) is 32.2 Å². The lowest BCUT2D eigenvalue weighted by Gasteiger charge is -2.26. The maximum atomic E-state index is 11.4. The molecule has 90 valence electrons. The highest BCUT2D eigenvalue weighted by atomic mass is 32.2. The first kappa shape index (κ1) is 13.0. The smallest absolute Gasteiger partial charge is 0.152 e. The zero-order valence-corrected chi connectivity index (χ0v) is 10.4. The largest absolute Gasteiger partial charge is 0.373 e. The maximum absolute atomic E-state index is 11.4. The number of unbranched alkanes of at least 4 members (excludes halogenated alkanes) is 1. The summed E-state index contributed by atoms with van der Waals surface area (Å²) in [6.45, 7) is 2.92. The van der Waals surface area contributed by atoms with Crippen molar-refractivity contribution in [3.63, 3.8) is 0 Å². The molecule has 1 saturated heterocycles. The van der Waals surface area contributed by atoms with Gasteiger partial charge in [-0.2, -0.15) is 5.26 Å². The second-order valence-electron chi connectivity index (χ2n) is 4.09. The van der Waals surface area contributed by atoms with Crippen molar-refractivity contribution in [3.05, 3.63) is 12.3 Å². The Morgan fingerprint density at radius 1 is 1.56 bits per heavy atom. The van der Waals surface area contributed by atoms with Crippen LogP contribution in [0.25, 0.3) is 0 Å². The zero-order chi connectivity index (χ0) is 12.0. The molecule has 0 bridgehead atoms. The van der Waals surface area contributed by atoms with Gasteiger partial charge < -0.3 is 4.90 Å². The highest BCUT2D eigenvalue weighted by Gasteiger charge is 2.30. The normalized spacial score (nSPS) is 23.4. The molecule has 0 amide bonds. The Morgan fingerprint density at radius 2 is 2.31 bits per heavy atom. The lowest BCUT2D eigenvalue weighted by atomic mass is 10.2. The molecule has 16 heavy (non-hydrogen) atoms. The molecule has 0 aromatic carbocycles. The summed E-state index contributed by atoms with van der Waals surface area (Å²) < 4.78 is 22.8. The standard InChI is InChI=1S/C11H18N2O2S/c1-2-3-7-13(8-4-6-12)11-5-9-16(14,15)10-11/h4,8,11H,2-3,5,7,9-10H2,1H3. The van der Waals surface area contributed by atoms with Gasteiger partial charge >= 0.3 is 0 Å². The number of hydrogen-bond acceptors (Lipinski definition) is 4. The Balaban J connectivity index is 2.63. The molecule has 1 atom stereocenters. The summed E-state index contributed by atoms with van der Waals surface area (Å²) in [5.41, 5.74) is 0. The van der Waals surface area contributed by atoms with Crippen LogP contribution in [0.5, 0.6) is 0 Å². The van der Waals surface area contributed by atoms with Crippen molar-refractivity contribution >= 4 is 9.84 Å². The predicted octanol–water partition coefficient (Wildman–Crippen LogP) is 1.31. The van der Waals surface area contributed by atoms with E-state index in [1.165, 1.54) is 6.08 Å². The molecular weight excluding hydrogens is 224 g/mol. The molecule has 1 unspecified atom stereocenters. The average molecular weight is 242 g/mol. The molecule has 0 aliphatic carbocycles. The molecule has 0 aromatic heterocycles. The molecule has 0 radical (unpaired) electrons. The van der Waals surface area contributed by atoms with Crippen LogP contribution in [0.15, 0.2) is 12.3 Å². The van der Waals surface area contributed by atoms with Crippen molar-refractivity contribution in [2.75, 3.05) is 18.1 Å². The molecular formula is C11H18N2O2S. The Labute approximate surface area is 97.5 Å². The van der Waals surface area contributed by atoms with Gasteiger partial charge in [-0.05, 0) is 12.8 Å². The lowest BCUT2D eigenvalue weighted by Crippen LogP contribution is -2.32. The van der Waals surface area contributed by atoms with Crippen LogP contribution in [0.3, 0.4) is 0 Å². The number of hydrogen-bond donors (Lipinski definition) is 0. The molecule has 0 spiro atoms. The van der Waals surface area contributed by atoms with Crippen LogP contribution < -0.4 is 0 Å². The van der Waals surface area contributed by atoms with Crippen LogP contribution in [-0.4, -0.2) is 37.4 Å². The van der Waals surface area contributed by atoms with Crippen LogP contribution in [0.1, 0.15) is 26.2 Å². The predicted molar refractivity (Wildman–Crippen MR) is 63.4 cm³/mol. The Morgan fingerprint density at radius 3 is 2.81 bits per heavy atom. The molecule has 0 N–H and O–H groups in total. The fourth-order valence-electron chi connectivity index (χ4n) is 1.89. The van der Waals surface area contributed by atoms with E-state index in [0.717, 1.165) is 19.4 Å². The molecule has 1 aliphatic rings. The van der Waals surface area contributed by atoms with Crippen LogP contribution in [-0.2, 0) is 9.84 Å². The van der Waals surface area contributed by atoms with E-state index >= 15 is 0 Å². The fraction of sp³-hybridized carbons (Fsp3) is 0.727. The first-order chi connectivity index (χ1) is 7.59. The lowest BCUT2D eigenvalue weighted by molar-refractivity contribution is 0.293. The van der Waals surface area contributed by atoms with Crippen LogP contribution in [0.2, 0.25) is 0 Å². The summed E-state index contributed by atoms with van der Waals surface area (Å²) in [5, 5.41) is 8.50. The number of nitrogens with zero attached hydrogens (tertiary/aromatic N) is 2. The third-order valence-corrected chi connectivity index (χ3v) is 4.54. The van der Waals surface area contributed by atoms with Gasteiger partial charge in [0.25, 0.3) is 0 Å². The van der Waals surface area contributed by atoms with Gasteiger partial charge in [0.1, 0.15) is 0 Å². The molecule has 1 heterocycles. The Kier molecular flexibility index (Phi) is 4.81. The average Bonchev–Trinajstić information content (AvgIpc) is 2.59. The SMILES string of the molecule is CCCCN(C=CC#N)C1CCS(=O)(=O)C1. The first-order valence-electron chi connectivity index (χ1n) is 5.61. The fourth-order valence-corrected chi connectivity index (χ4v) is 3.63. The zero-order valence-electron chi connectivity index (χ0n) is 9.59. The Hall–Kier alpha value is -1.02. The number of allylic oxidation sites excluding steroid dienone is 1. The van der Waals surface area contributed by atoms with Crippen molar-refractivity contribution < 1.29 is 8.42 Å². The molecule has 0 saturated carbocycles. The molecule has 5 heteroatoms. The van der Waals surface area contributed by atoms with Crippen LogP contribution in [0.4, 0.5) is 0 Å². The van der Waals surface area contributed by atoms with Gasteiger partial charge in [0, 0.05) is 24.9 Å². The minimum atomic E-state index is -2.85. The molecule has 1 aliphatic heterocycles. The highest BCUT2D eigenvalue weighted by Crippen LogP contribution is 2.18. The highest BCUT2D eigenvalue weighted by molar-refractivity contribution is 7.91. The van der Waals surface area contributed by atoms with Gasteiger partial charge in [0.15, 0.2) is 9.84 Å². The van der Waals surface area contributed by atoms with E-state index in [-0.39, 0.29) is 17.5 Å². The monoisotopic (exact) mass is 242 g/mol. The van der Waals surface area contributed by atoms with Crippen molar-refractivity contribution in [3.8, 4) is 6.07 Å². The molecule has 0 aromatic rings. The van der Waals surface area contributed by atoms with Crippen LogP contribution in [0, 0.1) is 11.3 Å². The van der Waals surface area contributed by atoms with Gasteiger partial charge in [-0.1, -0.05) is 13.3 Å². The van der Waals surface area contributed by atoms with Gasteiger partial charge in [-0.15, -0.1) is 0 Å². The first-order valence-corrected chi connectivity index (χ1v) is 7.43. The summed E-state index contributed by atoms with van der Waals surface area (Å²) >= 11 is 0. The van der Waals surface area contributed by atoms with Crippen molar-refractivity contribution in [1.29, 1.82) is 5.26 Å². The molecule has 4 nitrogen and oxygen atoms in total. The summed E-state index contributed by atoms with van der Waals surface area (Å²) in [4.78, 5) is 2.00. The molecule has 1 fully saturated rings. The van der Waals surface area contributed by atoms with E-state index in [1.807, 2.05) is 11.0 Å². The van der Waals surface area contributed by atoms with Gasteiger partial charge in [-0.3, -0.25) is 0 Å². The minimum Gasteiger partial charge on any atom is -0.373 e. The second kappa shape index (κ2) is 5.90. The summed E-state index contributed by atoms with van der Waals surface area (Å²) in [5.74, 6) is 0.507. The number of rotatable bonds is 5. The number of sulfone groups is 1. The van der Waals surface area contributed by atoms with E-state index in [2.05, 4.69) is 6.92 Å². The van der Waals surface area contributed by atoms with Crippen LogP contribution >= 0.6 is 0 Å². The van der Waals surface area contributed by atoms with E-state index in [4.69, 9.17) is 5.26 Å². The third kappa shape index (κ3) is 3.86. The second-order valence-corrected chi connectivity index (χ2v) is 6.32. The van der Waals surface area contributed by atoms with E-state index in [1.54, 1.807) is 6.20 Å². The summed E-state index contributed by atoms with van der Waals surface area (Å²) in [6, 6.07) is 2.00. The summed E-state index contributed by atoms with van der Waals surface area (Å²) in [7, 11) is -2.85. The van der Waals surface area contributed by atoms with E-state index in [9.17, 15) is 8.42 Å². The van der Waals surface area contributed by atoms with E-state index < -0.39 is 9.84 Å². The van der Waals surface area contributed by atoms with Gasteiger partial charge in [0.2, 0.25) is 0 Å². The topological polar surface area (TPSA) is 61.2 Å². The van der Waals surface area contributed by atoms with Crippen molar-refractivity contribution in [2.24, 2.45) is 0 Å². The quantitative estimate of drug-likeness (QED) is 0.682. The maximum Gasteiger partial charge on any atom is 0.152 e. The minimum absolute atomic E-state index is 0.0566. The summed E-state index contributed by atoms with van der Waals surface area (Å²) in [6.07, 6.45) is 5.91. The van der Waals surface area contributed by atoms with Gasteiger partial charge in [0.05, 0.1) is 17.6 Å². The van der Waals surface area contributed by atoms with Gasteiger partial charge in [-0.25, -0.2) is 8.42 Å². The Bertz CT molecular complexity index is 381. The van der Waals surface area contributed by atoms with E-state index in [0.29, 0.717) is 6.42 Å².